The smallest absolute Gasteiger partial charge is 0.267 e. The van der Waals surface area contributed by atoms with Crippen molar-refractivity contribution in [2.45, 2.75) is 20.8 Å². The van der Waals surface area contributed by atoms with E-state index in [1.807, 2.05) is 30.7 Å². The fourth-order valence-corrected chi connectivity index (χ4v) is 1.23. The number of aromatic nitrogens is 1. The second-order valence-corrected chi connectivity index (χ2v) is 4.02. The van der Waals surface area contributed by atoms with Crippen molar-refractivity contribution in [1.29, 1.82) is 0 Å². The fourth-order valence-electron chi connectivity index (χ4n) is 1.23. The number of hydrogen-bond donors (Lipinski definition) is 1. The van der Waals surface area contributed by atoms with E-state index in [0.29, 0.717) is 5.92 Å². The highest BCUT2D eigenvalue weighted by Gasteiger charge is 2.10. The Labute approximate surface area is 85.1 Å². The van der Waals surface area contributed by atoms with Gasteiger partial charge in [0.2, 0.25) is 0 Å². The maximum atomic E-state index is 11.7. The molecule has 1 rings (SSSR count). The molecule has 1 amide bonds. The molecule has 1 N–H and O–H groups in total. The van der Waals surface area contributed by atoms with Gasteiger partial charge in [0.15, 0.2) is 0 Å². The SMILES string of the molecule is Cc1ccc(C(=O)NCC(C)C)n1C. The number of rotatable bonds is 3. The third kappa shape index (κ3) is 2.37. The maximum Gasteiger partial charge on any atom is 0.267 e. The van der Waals surface area contributed by atoms with E-state index in [1.54, 1.807) is 0 Å². The first kappa shape index (κ1) is 10.8. The van der Waals surface area contributed by atoms with Gasteiger partial charge in [0.25, 0.3) is 5.91 Å². The summed E-state index contributed by atoms with van der Waals surface area (Å²) in [5.41, 5.74) is 1.82. The van der Waals surface area contributed by atoms with Crippen LogP contribution in [0.2, 0.25) is 0 Å². The van der Waals surface area contributed by atoms with Crippen LogP contribution < -0.4 is 5.32 Å². The van der Waals surface area contributed by atoms with Crippen molar-refractivity contribution in [1.82, 2.24) is 9.88 Å². The van der Waals surface area contributed by atoms with Crippen LogP contribution in [0.4, 0.5) is 0 Å². The average Bonchev–Trinajstić information content (AvgIpc) is 2.44. The van der Waals surface area contributed by atoms with E-state index in [2.05, 4.69) is 19.2 Å². The number of amides is 1. The van der Waals surface area contributed by atoms with Crippen LogP contribution in [0.3, 0.4) is 0 Å². The van der Waals surface area contributed by atoms with Crippen molar-refractivity contribution in [3.63, 3.8) is 0 Å². The van der Waals surface area contributed by atoms with Gasteiger partial charge in [-0.1, -0.05) is 13.8 Å². The molecule has 0 saturated heterocycles. The van der Waals surface area contributed by atoms with Gasteiger partial charge in [0, 0.05) is 19.3 Å². The van der Waals surface area contributed by atoms with Crippen molar-refractivity contribution in [3.8, 4) is 0 Å². The monoisotopic (exact) mass is 194 g/mol. The highest BCUT2D eigenvalue weighted by molar-refractivity contribution is 5.92. The molecule has 0 aliphatic carbocycles. The summed E-state index contributed by atoms with van der Waals surface area (Å²) in [6.45, 7) is 6.87. The first-order valence-electron chi connectivity index (χ1n) is 4.93. The summed E-state index contributed by atoms with van der Waals surface area (Å²) in [5, 5.41) is 2.89. The Morgan fingerprint density at radius 1 is 1.50 bits per heavy atom. The number of aryl methyl sites for hydroxylation is 1. The predicted octanol–water partition coefficient (Wildman–Crippen LogP) is 1.72. The zero-order valence-electron chi connectivity index (χ0n) is 9.29. The van der Waals surface area contributed by atoms with Gasteiger partial charge in [-0.3, -0.25) is 4.79 Å². The van der Waals surface area contributed by atoms with Crippen LogP contribution in [-0.2, 0) is 7.05 Å². The Hall–Kier alpha value is -1.25. The van der Waals surface area contributed by atoms with Crippen LogP contribution in [0.25, 0.3) is 0 Å². The Bertz CT molecular complexity index is 326. The normalized spacial score (nSPS) is 10.6. The number of hydrogen-bond acceptors (Lipinski definition) is 1. The first-order chi connectivity index (χ1) is 6.52. The zero-order valence-corrected chi connectivity index (χ0v) is 9.29. The summed E-state index contributed by atoms with van der Waals surface area (Å²) >= 11 is 0. The molecule has 3 heteroatoms. The molecule has 0 radical (unpaired) electrons. The molecule has 0 spiro atoms. The molecule has 0 fully saturated rings. The van der Waals surface area contributed by atoms with Gasteiger partial charge in [-0.2, -0.15) is 0 Å². The highest BCUT2D eigenvalue weighted by Crippen LogP contribution is 2.05. The van der Waals surface area contributed by atoms with Gasteiger partial charge in [-0.25, -0.2) is 0 Å². The average molecular weight is 194 g/mol. The van der Waals surface area contributed by atoms with Gasteiger partial charge in [0.05, 0.1) is 0 Å². The summed E-state index contributed by atoms with van der Waals surface area (Å²) in [7, 11) is 1.90. The minimum atomic E-state index is 0.00861. The molecule has 1 aromatic rings. The molecule has 0 aliphatic rings. The first-order valence-corrected chi connectivity index (χ1v) is 4.93. The van der Waals surface area contributed by atoms with E-state index in [0.717, 1.165) is 17.9 Å². The summed E-state index contributed by atoms with van der Waals surface area (Å²) in [6.07, 6.45) is 0. The molecular formula is C11H18N2O. The lowest BCUT2D eigenvalue weighted by Crippen LogP contribution is -2.28. The van der Waals surface area contributed by atoms with Gasteiger partial charge < -0.3 is 9.88 Å². The van der Waals surface area contributed by atoms with Crippen LogP contribution in [0.1, 0.15) is 30.0 Å². The lowest BCUT2D eigenvalue weighted by atomic mass is 10.2. The minimum absolute atomic E-state index is 0.00861. The molecule has 3 nitrogen and oxygen atoms in total. The molecule has 0 aliphatic heterocycles. The molecule has 14 heavy (non-hydrogen) atoms. The number of nitrogens with zero attached hydrogens (tertiary/aromatic N) is 1. The minimum Gasteiger partial charge on any atom is -0.351 e. The molecule has 0 atom stereocenters. The van der Waals surface area contributed by atoms with Crippen molar-refractivity contribution in [2.24, 2.45) is 13.0 Å². The highest BCUT2D eigenvalue weighted by atomic mass is 16.1. The van der Waals surface area contributed by atoms with Crippen molar-refractivity contribution >= 4 is 5.91 Å². The molecule has 0 unspecified atom stereocenters. The third-order valence-electron chi connectivity index (χ3n) is 2.28. The standard InChI is InChI=1S/C11H18N2O/c1-8(2)7-12-11(14)10-6-5-9(3)13(10)4/h5-6,8H,7H2,1-4H3,(H,12,14). The molecule has 1 heterocycles. The van der Waals surface area contributed by atoms with Gasteiger partial charge in [-0.05, 0) is 25.0 Å². The molecule has 0 bridgehead atoms. The van der Waals surface area contributed by atoms with Crippen molar-refractivity contribution in [3.05, 3.63) is 23.5 Å². The Morgan fingerprint density at radius 3 is 2.57 bits per heavy atom. The fraction of sp³-hybridized carbons (Fsp3) is 0.545. The van der Waals surface area contributed by atoms with Crippen LogP contribution in [0.5, 0.6) is 0 Å². The van der Waals surface area contributed by atoms with E-state index in [-0.39, 0.29) is 5.91 Å². The van der Waals surface area contributed by atoms with Gasteiger partial charge in [-0.15, -0.1) is 0 Å². The largest absolute Gasteiger partial charge is 0.351 e. The number of carbonyl (C=O) groups is 1. The summed E-state index contributed by atoms with van der Waals surface area (Å²) in [4.78, 5) is 11.7. The van der Waals surface area contributed by atoms with E-state index >= 15 is 0 Å². The number of carbonyl (C=O) groups excluding carboxylic acids is 1. The Morgan fingerprint density at radius 2 is 2.14 bits per heavy atom. The number of nitrogens with one attached hydrogen (secondary N) is 1. The van der Waals surface area contributed by atoms with Gasteiger partial charge in [0.1, 0.15) is 5.69 Å². The predicted molar refractivity (Wildman–Crippen MR) is 57.3 cm³/mol. The van der Waals surface area contributed by atoms with E-state index in [9.17, 15) is 4.79 Å². The Kier molecular flexibility index (Phi) is 3.33. The zero-order chi connectivity index (χ0) is 10.7. The molecular weight excluding hydrogens is 176 g/mol. The van der Waals surface area contributed by atoms with E-state index in [1.165, 1.54) is 0 Å². The molecule has 0 aromatic carbocycles. The second kappa shape index (κ2) is 4.31. The van der Waals surface area contributed by atoms with Crippen LogP contribution >= 0.6 is 0 Å². The lowest BCUT2D eigenvalue weighted by Gasteiger charge is -2.08. The molecule has 0 saturated carbocycles. The lowest BCUT2D eigenvalue weighted by molar-refractivity contribution is 0.0940. The molecule has 78 valence electrons. The van der Waals surface area contributed by atoms with Crippen molar-refractivity contribution < 1.29 is 4.79 Å². The summed E-state index contributed by atoms with van der Waals surface area (Å²) in [6, 6.07) is 3.80. The second-order valence-electron chi connectivity index (χ2n) is 4.02. The van der Waals surface area contributed by atoms with Crippen LogP contribution in [0, 0.1) is 12.8 Å². The van der Waals surface area contributed by atoms with E-state index in [4.69, 9.17) is 0 Å². The third-order valence-corrected chi connectivity index (χ3v) is 2.28. The summed E-state index contributed by atoms with van der Waals surface area (Å²) in [5.74, 6) is 0.495. The van der Waals surface area contributed by atoms with Crippen LogP contribution in [0.15, 0.2) is 12.1 Å². The van der Waals surface area contributed by atoms with Gasteiger partial charge >= 0.3 is 0 Å². The maximum absolute atomic E-state index is 11.7. The van der Waals surface area contributed by atoms with E-state index < -0.39 is 0 Å². The van der Waals surface area contributed by atoms with Crippen LogP contribution in [-0.4, -0.2) is 17.0 Å². The Balaban J connectivity index is 2.66. The summed E-state index contributed by atoms with van der Waals surface area (Å²) < 4.78 is 1.90. The van der Waals surface area contributed by atoms with Crippen molar-refractivity contribution in [2.75, 3.05) is 6.54 Å². The molecule has 1 aromatic heterocycles. The topological polar surface area (TPSA) is 34.0 Å². The quantitative estimate of drug-likeness (QED) is 0.781.